The number of benzene rings is 2. The molecule has 0 bridgehead atoms. The third-order valence-corrected chi connectivity index (χ3v) is 6.86. The van der Waals surface area contributed by atoms with Gasteiger partial charge in [0.2, 0.25) is 0 Å². The summed E-state index contributed by atoms with van der Waals surface area (Å²) >= 11 is 0. The Hall–Kier alpha value is -3.15. The highest BCUT2D eigenvalue weighted by molar-refractivity contribution is 6.62. The summed E-state index contributed by atoms with van der Waals surface area (Å²) in [5.41, 5.74) is 3.13. The highest BCUT2D eigenvalue weighted by Crippen LogP contribution is 2.40. The highest BCUT2D eigenvalue weighted by atomic mass is 16.7. The van der Waals surface area contributed by atoms with Crippen LogP contribution in [0.15, 0.2) is 42.5 Å². The lowest BCUT2D eigenvalue weighted by Crippen LogP contribution is -2.41. The molecule has 0 radical (unpaired) electrons. The topological polar surface area (TPSA) is 96.4 Å². The summed E-state index contributed by atoms with van der Waals surface area (Å²) in [6.07, 6.45) is 0. The second-order valence-corrected chi connectivity index (χ2v) is 9.81. The Balaban J connectivity index is 1.86. The van der Waals surface area contributed by atoms with E-state index in [-0.39, 0.29) is 11.8 Å². The first-order chi connectivity index (χ1) is 15.4. The van der Waals surface area contributed by atoms with Gasteiger partial charge in [-0.05, 0) is 76.5 Å². The molecular formula is C25H30BN5O2. The molecule has 0 amide bonds. The largest absolute Gasteiger partial charge is 0.494 e. The molecule has 1 saturated heterocycles. The Morgan fingerprint density at radius 1 is 1.06 bits per heavy atom. The number of hydrogen-bond acceptors (Lipinski definition) is 6. The van der Waals surface area contributed by atoms with E-state index in [9.17, 15) is 5.26 Å². The fourth-order valence-electron chi connectivity index (χ4n) is 4.20. The fraction of sp³-hybridized carbons (Fsp3) is 0.400. The Morgan fingerprint density at radius 3 is 2.21 bits per heavy atom. The van der Waals surface area contributed by atoms with E-state index in [2.05, 4.69) is 11.0 Å². The molecule has 1 atom stereocenters. The number of nitrogens with one attached hydrogen (secondary N) is 2. The first kappa shape index (κ1) is 23.0. The minimum atomic E-state index is -0.516. The van der Waals surface area contributed by atoms with E-state index in [0.717, 1.165) is 22.5 Å². The summed E-state index contributed by atoms with van der Waals surface area (Å²) in [7, 11) is -0.516. The molecule has 2 aromatic rings. The van der Waals surface area contributed by atoms with Gasteiger partial charge in [0.05, 0.1) is 34.2 Å². The molecule has 0 aliphatic carbocycles. The van der Waals surface area contributed by atoms with Gasteiger partial charge < -0.3 is 14.2 Å². The SMILES string of the molecule is CC(=N)N1C(=N)C(C)CN(c2ccc(C#N)cc2)c2cc(B3OC(C)(C)C(C)(C)O3)ccc21. The molecule has 4 rings (SSSR count). The number of anilines is 3. The Labute approximate surface area is 196 Å². The van der Waals surface area contributed by atoms with Gasteiger partial charge in [-0.25, -0.2) is 0 Å². The van der Waals surface area contributed by atoms with Crippen molar-refractivity contribution in [2.75, 3.05) is 16.3 Å². The maximum atomic E-state index is 9.21. The first-order valence-electron chi connectivity index (χ1n) is 11.2. The molecule has 170 valence electrons. The zero-order chi connectivity index (χ0) is 24.1. The number of nitrogens with zero attached hydrogens (tertiary/aromatic N) is 3. The van der Waals surface area contributed by atoms with Crippen molar-refractivity contribution in [3.8, 4) is 6.07 Å². The molecule has 1 unspecified atom stereocenters. The van der Waals surface area contributed by atoms with E-state index in [1.54, 1.807) is 24.0 Å². The van der Waals surface area contributed by atoms with Crippen molar-refractivity contribution in [3.05, 3.63) is 48.0 Å². The van der Waals surface area contributed by atoms with Gasteiger partial charge >= 0.3 is 7.12 Å². The minimum absolute atomic E-state index is 0.117. The van der Waals surface area contributed by atoms with Gasteiger partial charge in [-0.15, -0.1) is 0 Å². The van der Waals surface area contributed by atoms with Gasteiger partial charge in [-0.3, -0.25) is 15.7 Å². The van der Waals surface area contributed by atoms with E-state index in [0.29, 0.717) is 17.9 Å². The van der Waals surface area contributed by atoms with Crippen molar-refractivity contribution < 1.29 is 9.31 Å². The number of amidine groups is 2. The summed E-state index contributed by atoms with van der Waals surface area (Å²) < 4.78 is 12.6. The molecule has 2 heterocycles. The quantitative estimate of drug-likeness (QED) is 0.407. The van der Waals surface area contributed by atoms with E-state index in [1.165, 1.54) is 0 Å². The molecule has 33 heavy (non-hydrogen) atoms. The zero-order valence-electron chi connectivity index (χ0n) is 20.1. The predicted molar refractivity (Wildman–Crippen MR) is 133 cm³/mol. The van der Waals surface area contributed by atoms with Crippen LogP contribution in [0, 0.1) is 28.1 Å². The summed E-state index contributed by atoms with van der Waals surface area (Å²) in [5.74, 6) is 0.551. The first-order valence-corrected chi connectivity index (χ1v) is 11.2. The Bertz CT molecular complexity index is 1140. The zero-order valence-corrected chi connectivity index (χ0v) is 20.1. The lowest BCUT2D eigenvalue weighted by Gasteiger charge is -2.32. The normalized spacial score (nSPS) is 21.4. The number of fused-ring (bicyclic) bond motifs is 1. The summed E-state index contributed by atoms with van der Waals surface area (Å²) in [4.78, 5) is 3.84. The lowest BCUT2D eigenvalue weighted by atomic mass is 9.78. The van der Waals surface area contributed by atoms with Crippen LogP contribution in [0.5, 0.6) is 0 Å². The lowest BCUT2D eigenvalue weighted by molar-refractivity contribution is 0.00578. The molecule has 7 nitrogen and oxygen atoms in total. The van der Waals surface area contributed by atoms with Gasteiger partial charge in [0.1, 0.15) is 11.7 Å². The van der Waals surface area contributed by atoms with Gasteiger partial charge in [-0.2, -0.15) is 5.26 Å². The molecule has 2 N–H and O–H groups in total. The van der Waals surface area contributed by atoms with Crippen molar-refractivity contribution in [2.45, 2.75) is 52.7 Å². The van der Waals surface area contributed by atoms with E-state index in [1.807, 2.05) is 65.0 Å². The van der Waals surface area contributed by atoms with Gasteiger partial charge in [0.25, 0.3) is 0 Å². The van der Waals surface area contributed by atoms with Crippen LogP contribution in [0.4, 0.5) is 17.1 Å². The fourth-order valence-corrected chi connectivity index (χ4v) is 4.20. The van der Waals surface area contributed by atoms with Crippen LogP contribution in [-0.4, -0.2) is 36.5 Å². The average molecular weight is 443 g/mol. The smallest absolute Gasteiger partial charge is 0.399 e. The van der Waals surface area contributed by atoms with Crippen LogP contribution in [0.25, 0.3) is 0 Å². The van der Waals surface area contributed by atoms with Crippen molar-refractivity contribution in [1.82, 2.24) is 0 Å². The third-order valence-electron chi connectivity index (χ3n) is 6.86. The molecular weight excluding hydrogens is 413 g/mol. The van der Waals surface area contributed by atoms with Crippen molar-refractivity contribution in [1.29, 1.82) is 16.1 Å². The summed E-state index contributed by atoms with van der Waals surface area (Å²) in [6, 6.07) is 15.5. The van der Waals surface area contributed by atoms with Gasteiger partial charge in [0, 0.05) is 18.2 Å². The molecule has 2 aliphatic heterocycles. The second-order valence-electron chi connectivity index (χ2n) is 9.81. The molecule has 0 spiro atoms. The predicted octanol–water partition coefficient (Wildman–Crippen LogP) is 4.43. The third kappa shape index (κ3) is 3.92. The van der Waals surface area contributed by atoms with E-state index >= 15 is 0 Å². The van der Waals surface area contributed by atoms with Crippen LogP contribution in [0.2, 0.25) is 0 Å². The van der Waals surface area contributed by atoms with Crippen molar-refractivity contribution in [3.63, 3.8) is 0 Å². The number of hydrogen-bond donors (Lipinski definition) is 2. The Morgan fingerprint density at radius 2 is 1.67 bits per heavy atom. The van der Waals surface area contributed by atoms with Crippen LogP contribution >= 0.6 is 0 Å². The molecule has 0 saturated carbocycles. The van der Waals surface area contributed by atoms with Crippen LogP contribution in [0.1, 0.15) is 47.1 Å². The standard InChI is InChI=1S/C25H30BN5O2/c1-16-15-30(20-10-7-18(14-27)8-11-20)22-13-19(26-32-24(3,4)25(5,6)33-26)9-12-21(22)31(17(2)28)23(16)29/h7-13,16,28-29H,15H2,1-6H3. The maximum Gasteiger partial charge on any atom is 0.494 e. The van der Waals surface area contributed by atoms with E-state index in [4.69, 9.17) is 20.1 Å². The monoisotopic (exact) mass is 443 g/mol. The number of nitriles is 1. The second kappa shape index (κ2) is 8.01. The van der Waals surface area contributed by atoms with Crippen LogP contribution < -0.4 is 15.3 Å². The van der Waals surface area contributed by atoms with Gasteiger partial charge in [-0.1, -0.05) is 13.0 Å². The molecule has 0 aromatic heterocycles. The number of rotatable bonds is 2. The Kier molecular flexibility index (Phi) is 5.59. The molecule has 1 fully saturated rings. The van der Waals surface area contributed by atoms with Crippen molar-refractivity contribution in [2.24, 2.45) is 5.92 Å². The average Bonchev–Trinajstić information content (AvgIpc) is 2.91. The molecule has 2 aliphatic rings. The molecule has 2 aromatic carbocycles. The summed E-state index contributed by atoms with van der Waals surface area (Å²) in [5, 5.41) is 26.3. The van der Waals surface area contributed by atoms with Crippen LogP contribution in [0.3, 0.4) is 0 Å². The van der Waals surface area contributed by atoms with Gasteiger partial charge in [0.15, 0.2) is 0 Å². The van der Waals surface area contributed by atoms with E-state index < -0.39 is 18.3 Å². The van der Waals surface area contributed by atoms with Crippen molar-refractivity contribution >= 4 is 41.3 Å². The van der Waals surface area contributed by atoms with Crippen LogP contribution in [-0.2, 0) is 9.31 Å². The molecule has 8 heteroatoms. The maximum absolute atomic E-state index is 9.21. The highest BCUT2D eigenvalue weighted by Gasteiger charge is 2.52. The minimum Gasteiger partial charge on any atom is -0.399 e. The summed E-state index contributed by atoms with van der Waals surface area (Å²) in [6.45, 7) is 12.4.